The van der Waals surface area contributed by atoms with Crippen molar-refractivity contribution in [3.63, 3.8) is 0 Å². The number of benzene rings is 3. The Hall–Kier alpha value is -3.60. The van der Waals surface area contributed by atoms with Crippen LogP contribution >= 0.6 is 0 Å². The van der Waals surface area contributed by atoms with Crippen molar-refractivity contribution in [2.24, 2.45) is 0 Å². The summed E-state index contributed by atoms with van der Waals surface area (Å²) in [5.41, 5.74) is 4.87. The molecule has 1 aromatic heterocycles. The first kappa shape index (κ1) is 21.6. The molecular formula is C27H28N2O3. The molecule has 5 heteroatoms. The summed E-state index contributed by atoms with van der Waals surface area (Å²) < 4.78 is 11.5. The van der Waals surface area contributed by atoms with Crippen molar-refractivity contribution in [1.29, 1.82) is 0 Å². The summed E-state index contributed by atoms with van der Waals surface area (Å²) in [5, 5.41) is 2.92. The molecule has 0 aliphatic rings. The Morgan fingerprint density at radius 3 is 2.38 bits per heavy atom. The molecule has 32 heavy (non-hydrogen) atoms. The number of anilines is 1. The Morgan fingerprint density at radius 2 is 1.72 bits per heavy atom. The smallest absolute Gasteiger partial charge is 0.255 e. The van der Waals surface area contributed by atoms with Gasteiger partial charge in [0, 0.05) is 16.8 Å². The van der Waals surface area contributed by atoms with E-state index < -0.39 is 0 Å². The van der Waals surface area contributed by atoms with Crippen molar-refractivity contribution < 1.29 is 13.9 Å². The van der Waals surface area contributed by atoms with Gasteiger partial charge in [0.2, 0.25) is 5.89 Å². The van der Waals surface area contributed by atoms with Gasteiger partial charge in [0.05, 0.1) is 6.61 Å². The molecule has 4 rings (SSSR count). The first-order chi connectivity index (χ1) is 15.3. The van der Waals surface area contributed by atoms with Gasteiger partial charge in [0.1, 0.15) is 11.3 Å². The van der Waals surface area contributed by atoms with Crippen molar-refractivity contribution in [3.8, 4) is 17.2 Å². The van der Waals surface area contributed by atoms with Gasteiger partial charge < -0.3 is 14.5 Å². The zero-order chi connectivity index (χ0) is 22.7. The summed E-state index contributed by atoms with van der Waals surface area (Å²) in [4.78, 5) is 17.2. The largest absolute Gasteiger partial charge is 0.494 e. The lowest BCUT2D eigenvalue weighted by Gasteiger charge is -2.18. The minimum absolute atomic E-state index is 0.0931. The molecule has 5 nitrogen and oxygen atoms in total. The van der Waals surface area contributed by atoms with Gasteiger partial charge >= 0.3 is 0 Å². The molecule has 164 valence electrons. The number of ether oxygens (including phenoxy) is 1. The Balaban J connectivity index is 1.50. The van der Waals surface area contributed by atoms with E-state index in [-0.39, 0.29) is 11.3 Å². The molecule has 0 fully saturated rings. The number of carbonyl (C=O) groups excluding carboxylic acids is 1. The fourth-order valence-electron chi connectivity index (χ4n) is 3.37. The maximum absolute atomic E-state index is 12.6. The quantitative estimate of drug-likeness (QED) is 0.365. The highest BCUT2D eigenvalue weighted by molar-refractivity contribution is 6.05. The van der Waals surface area contributed by atoms with Gasteiger partial charge in [0.25, 0.3) is 5.91 Å². The summed E-state index contributed by atoms with van der Waals surface area (Å²) >= 11 is 0. The number of nitrogens with zero attached hydrogens (tertiary/aromatic N) is 1. The van der Waals surface area contributed by atoms with Crippen molar-refractivity contribution in [2.45, 2.75) is 39.5 Å². The molecule has 0 bridgehead atoms. The van der Waals surface area contributed by atoms with Gasteiger partial charge in [-0.25, -0.2) is 4.98 Å². The number of rotatable bonds is 6. The Bertz CT molecular complexity index is 1220. The predicted octanol–water partition coefficient (Wildman–Crippen LogP) is 6.83. The molecule has 1 heterocycles. The van der Waals surface area contributed by atoms with E-state index >= 15 is 0 Å². The molecule has 4 aromatic rings. The topological polar surface area (TPSA) is 64.4 Å². The molecule has 3 aromatic carbocycles. The first-order valence-electron chi connectivity index (χ1n) is 10.9. The Kier molecular flexibility index (Phi) is 5.99. The third-order valence-electron chi connectivity index (χ3n) is 5.23. The van der Waals surface area contributed by atoms with E-state index in [1.54, 1.807) is 12.1 Å². The van der Waals surface area contributed by atoms with Crippen LogP contribution in [-0.4, -0.2) is 17.5 Å². The predicted molar refractivity (Wildman–Crippen MR) is 128 cm³/mol. The highest BCUT2D eigenvalue weighted by Gasteiger charge is 2.15. The molecule has 1 N–H and O–H groups in total. The second-order valence-corrected chi connectivity index (χ2v) is 8.86. The number of hydrogen-bond donors (Lipinski definition) is 1. The van der Waals surface area contributed by atoms with Crippen LogP contribution in [0.5, 0.6) is 5.75 Å². The van der Waals surface area contributed by atoms with Crippen LogP contribution in [0.2, 0.25) is 0 Å². The van der Waals surface area contributed by atoms with Crippen LogP contribution in [0.25, 0.3) is 22.6 Å². The fourth-order valence-corrected chi connectivity index (χ4v) is 3.37. The van der Waals surface area contributed by atoms with Crippen molar-refractivity contribution in [3.05, 3.63) is 77.9 Å². The lowest BCUT2D eigenvalue weighted by atomic mass is 9.87. The minimum Gasteiger partial charge on any atom is -0.494 e. The second kappa shape index (κ2) is 8.87. The number of aromatic nitrogens is 1. The van der Waals surface area contributed by atoms with Crippen LogP contribution < -0.4 is 10.1 Å². The van der Waals surface area contributed by atoms with Crippen LogP contribution in [0.3, 0.4) is 0 Å². The molecule has 0 saturated carbocycles. The van der Waals surface area contributed by atoms with E-state index in [2.05, 4.69) is 50.1 Å². The highest BCUT2D eigenvalue weighted by Crippen LogP contribution is 2.29. The van der Waals surface area contributed by atoms with Gasteiger partial charge in [0.15, 0.2) is 5.58 Å². The Morgan fingerprint density at radius 1 is 1.00 bits per heavy atom. The standard InChI is InChI=1S/C27H28N2O3/c1-5-16-31-22-13-8-18(9-14-22)25(30)28-21-12-15-24-23(17-21)29-26(32-24)19-6-10-20(11-7-19)27(2,3)4/h6-15,17H,5,16H2,1-4H3,(H,28,30). The summed E-state index contributed by atoms with van der Waals surface area (Å²) in [6.07, 6.45) is 0.941. The SMILES string of the molecule is CCCOc1ccc(C(=O)Nc2ccc3oc(-c4ccc(C(C)(C)C)cc4)nc3c2)cc1. The number of carbonyl (C=O) groups is 1. The zero-order valence-corrected chi connectivity index (χ0v) is 18.9. The maximum Gasteiger partial charge on any atom is 0.255 e. The molecule has 0 radical (unpaired) electrons. The van der Waals surface area contributed by atoms with Crippen molar-refractivity contribution in [2.75, 3.05) is 11.9 Å². The van der Waals surface area contributed by atoms with E-state index in [0.717, 1.165) is 17.7 Å². The monoisotopic (exact) mass is 428 g/mol. The number of fused-ring (bicyclic) bond motifs is 1. The average Bonchev–Trinajstić information content (AvgIpc) is 3.21. The maximum atomic E-state index is 12.6. The summed E-state index contributed by atoms with van der Waals surface area (Å²) in [6, 6.07) is 20.9. The molecule has 0 aliphatic carbocycles. The highest BCUT2D eigenvalue weighted by atomic mass is 16.5. The van der Waals surface area contributed by atoms with Gasteiger partial charge in [-0.05, 0) is 72.0 Å². The van der Waals surface area contributed by atoms with Gasteiger partial charge in [-0.15, -0.1) is 0 Å². The minimum atomic E-state index is -0.187. The van der Waals surface area contributed by atoms with E-state index in [1.165, 1.54) is 5.56 Å². The van der Waals surface area contributed by atoms with Crippen LogP contribution in [-0.2, 0) is 5.41 Å². The van der Waals surface area contributed by atoms with Crippen LogP contribution in [0.4, 0.5) is 5.69 Å². The van der Waals surface area contributed by atoms with Gasteiger partial charge in [-0.1, -0.05) is 39.8 Å². The molecular weight excluding hydrogens is 400 g/mol. The number of amides is 1. The molecule has 0 unspecified atom stereocenters. The van der Waals surface area contributed by atoms with Crippen LogP contribution in [0.15, 0.2) is 71.1 Å². The number of oxazole rings is 1. The zero-order valence-electron chi connectivity index (χ0n) is 18.9. The summed E-state index contributed by atoms with van der Waals surface area (Å²) in [7, 11) is 0. The lowest BCUT2D eigenvalue weighted by Crippen LogP contribution is -2.11. The molecule has 0 atom stereocenters. The lowest BCUT2D eigenvalue weighted by molar-refractivity contribution is 0.102. The van der Waals surface area contributed by atoms with E-state index in [9.17, 15) is 4.79 Å². The first-order valence-corrected chi connectivity index (χ1v) is 10.9. The van der Waals surface area contributed by atoms with E-state index in [0.29, 0.717) is 34.8 Å². The Labute approximate surface area is 188 Å². The van der Waals surface area contributed by atoms with Crippen molar-refractivity contribution >= 4 is 22.7 Å². The molecule has 0 saturated heterocycles. The van der Waals surface area contributed by atoms with Gasteiger partial charge in [-0.2, -0.15) is 0 Å². The summed E-state index contributed by atoms with van der Waals surface area (Å²) in [5.74, 6) is 1.13. The second-order valence-electron chi connectivity index (χ2n) is 8.86. The fraction of sp³-hybridized carbons (Fsp3) is 0.259. The van der Waals surface area contributed by atoms with Crippen LogP contribution in [0.1, 0.15) is 50.0 Å². The number of hydrogen-bond acceptors (Lipinski definition) is 4. The number of nitrogens with one attached hydrogen (secondary N) is 1. The van der Waals surface area contributed by atoms with Gasteiger partial charge in [-0.3, -0.25) is 4.79 Å². The van der Waals surface area contributed by atoms with E-state index in [4.69, 9.17) is 9.15 Å². The summed E-state index contributed by atoms with van der Waals surface area (Å²) in [6.45, 7) is 9.27. The molecule has 1 amide bonds. The third kappa shape index (κ3) is 4.83. The molecule has 0 spiro atoms. The van der Waals surface area contributed by atoms with Crippen LogP contribution in [0, 0.1) is 0 Å². The average molecular weight is 429 g/mol. The van der Waals surface area contributed by atoms with Crippen molar-refractivity contribution in [1.82, 2.24) is 4.98 Å². The normalized spacial score (nSPS) is 11.5. The van der Waals surface area contributed by atoms with E-state index in [1.807, 2.05) is 42.5 Å². The molecule has 0 aliphatic heterocycles. The third-order valence-corrected chi connectivity index (χ3v) is 5.23.